The van der Waals surface area contributed by atoms with Crippen molar-refractivity contribution in [3.8, 4) is 0 Å². The second-order valence-corrected chi connectivity index (χ2v) is 4.53. The van der Waals surface area contributed by atoms with Gasteiger partial charge in [0.1, 0.15) is 0 Å². The first kappa shape index (κ1) is 11.9. The summed E-state index contributed by atoms with van der Waals surface area (Å²) in [5.74, 6) is 0.135. The number of carbonyl (C=O) groups excluding carboxylic acids is 1. The molecule has 0 saturated carbocycles. The van der Waals surface area contributed by atoms with Crippen LogP contribution in [0.3, 0.4) is 0 Å². The van der Waals surface area contributed by atoms with Gasteiger partial charge in [-0.15, -0.1) is 0 Å². The molecule has 0 bridgehead atoms. The van der Waals surface area contributed by atoms with Crippen molar-refractivity contribution in [2.45, 2.75) is 13.3 Å². The van der Waals surface area contributed by atoms with E-state index in [0.29, 0.717) is 11.4 Å². The fourth-order valence-electron chi connectivity index (χ4n) is 1.71. The van der Waals surface area contributed by atoms with Gasteiger partial charge in [-0.25, -0.2) is 0 Å². The van der Waals surface area contributed by atoms with Gasteiger partial charge in [-0.2, -0.15) is 0 Å². The summed E-state index contributed by atoms with van der Waals surface area (Å²) < 4.78 is 0. The molecule has 17 heavy (non-hydrogen) atoms. The van der Waals surface area contributed by atoms with Crippen molar-refractivity contribution in [1.82, 2.24) is 0 Å². The third kappa shape index (κ3) is 3.18. The summed E-state index contributed by atoms with van der Waals surface area (Å²) in [4.78, 5) is 12.0. The van der Waals surface area contributed by atoms with Gasteiger partial charge < -0.3 is 0 Å². The van der Waals surface area contributed by atoms with Crippen LogP contribution < -0.4 is 0 Å². The average molecular weight is 245 g/mol. The quantitative estimate of drug-likeness (QED) is 0.744. The first-order valence-electron chi connectivity index (χ1n) is 5.49. The largest absolute Gasteiger partial charge is 0.294 e. The van der Waals surface area contributed by atoms with Gasteiger partial charge in [0, 0.05) is 17.0 Å². The van der Waals surface area contributed by atoms with E-state index in [-0.39, 0.29) is 5.78 Å². The van der Waals surface area contributed by atoms with Crippen molar-refractivity contribution in [1.29, 1.82) is 0 Å². The zero-order valence-corrected chi connectivity index (χ0v) is 10.4. The molecule has 0 aliphatic carbocycles. The van der Waals surface area contributed by atoms with E-state index in [0.717, 1.165) is 16.7 Å². The van der Waals surface area contributed by atoms with Gasteiger partial charge in [0.25, 0.3) is 0 Å². The maximum Gasteiger partial charge on any atom is 0.167 e. The van der Waals surface area contributed by atoms with Crippen molar-refractivity contribution in [3.05, 3.63) is 70.2 Å². The van der Waals surface area contributed by atoms with Crippen molar-refractivity contribution < 1.29 is 4.79 Å². The number of benzene rings is 2. The Bertz CT molecular complexity index is 529. The van der Waals surface area contributed by atoms with Gasteiger partial charge in [-0.1, -0.05) is 47.5 Å². The van der Waals surface area contributed by atoms with Crippen LogP contribution in [0.1, 0.15) is 21.5 Å². The molecule has 0 amide bonds. The molecule has 0 aliphatic heterocycles. The highest BCUT2D eigenvalue weighted by molar-refractivity contribution is 6.30. The van der Waals surface area contributed by atoms with E-state index in [9.17, 15) is 4.79 Å². The van der Waals surface area contributed by atoms with Crippen LogP contribution >= 0.6 is 11.6 Å². The minimum Gasteiger partial charge on any atom is -0.294 e. The summed E-state index contributed by atoms with van der Waals surface area (Å²) in [6.07, 6.45) is 0.417. The number of hydrogen-bond donors (Lipinski definition) is 0. The van der Waals surface area contributed by atoms with E-state index in [1.807, 2.05) is 43.3 Å². The lowest BCUT2D eigenvalue weighted by atomic mass is 10.0. The molecule has 2 rings (SSSR count). The average Bonchev–Trinajstić information content (AvgIpc) is 2.32. The molecular formula is C15H13ClO. The smallest absolute Gasteiger partial charge is 0.167 e. The standard InChI is InChI=1S/C15H13ClO/c1-11-3-2-4-13(9-11)15(17)10-12-5-7-14(16)8-6-12/h2-9H,10H2,1H3. The first-order valence-corrected chi connectivity index (χ1v) is 5.87. The van der Waals surface area contributed by atoms with Crippen LogP contribution in [-0.2, 0) is 6.42 Å². The van der Waals surface area contributed by atoms with Gasteiger partial charge in [-0.3, -0.25) is 4.79 Å². The molecule has 2 aromatic carbocycles. The topological polar surface area (TPSA) is 17.1 Å². The highest BCUT2D eigenvalue weighted by Gasteiger charge is 2.06. The molecule has 2 aromatic rings. The highest BCUT2D eigenvalue weighted by atomic mass is 35.5. The van der Waals surface area contributed by atoms with Crippen molar-refractivity contribution >= 4 is 17.4 Å². The lowest BCUT2D eigenvalue weighted by molar-refractivity contribution is 0.0993. The van der Waals surface area contributed by atoms with Gasteiger partial charge in [0.05, 0.1) is 0 Å². The lowest BCUT2D eigenvalue weighted by Gasteiger charge is -2.02. The second kappa shape index (κ2) is 5.15. The maximum absolute atomic E-state index is 12.0. The molecule has 0 radical (unpaired) electrons. The summed E-state index contributed by atoms with van der Waals surface area (Å²) in [6.45, 7) is 1.99. The third-order valence-electron chi connectivity index (χ3n) is 2.62. The predicted molar refractivity (Wildman–Crippen MR) is 70.7 cm³/mol. The zero-order valence-electron chi connectivity index (χ0n) is 9.61. The Kier molecular flexibility index (Phi) is 3.60. The molecule has 0 fully saturated rings. The van der Waals surface area contributed by atoms with Gasteiger partial charge >= 0.3 is 0 Å². The van der Waals surface area contributed by atoms with Gasteiger partial charge in [0.15, 0.2) is 5.78 Å². The molecule has 0 unspecified atom stereocenters. The summed E-state index contributed by atoms with van der Waals surface area (Å²) in [6, 6.07) is 15.0. The van der Waals surface area contributed by atoms with Crippen LogP contribution in [0.4, 0.5) is 0 Å². The Balaban J connectivity index is 2.14. The first-order chi connectivity index (χ1) is 8.15. The van der Waals surface area contributed by atoms with Crippen molar-refractivity contribution in [2.24, 2.45) is 0 Å². The Morgan fingerprint density at radius 3 is 2.47 bits per heavy atom. The van der Waals surface area contributed by atoms with E-state index in [4.69, 9.17) is 11.6 Å². The number of aryl methyl sites for hydroxylation is 1. The Morgan fingerprint density at radius 1 is 1.12 bits per heavy atom. The normalized spacial score (nSPS) is 10.2. The molecule has 0 aromatic heterocycles. The summed E-state index contributed by atoms with van der Waals surface area (Å²) in [7, 11) is 0. The number of rotatable bonds is 3. The van der Waals surface area contributed by atoms with Crippen molar-refractivity contribution in [3.63, 3.8) is 0 Å². The molecule has 1 nitrogen and oxygen atoms in total. The molecule has 0 saturated heterocycles. The molecule has 0 N–H and O–H groups in total. The summed E-state index contributed by atoms with van der Waals surface area (Å²) in [5.41, 5.74) is 2.85. The molecule has 0 atom stereocenters. The van der Waals surface area contributed by atoms with E-state index < -0.39 is 0 Å². The molecule has 0 heterocycles. The van der Waals surface area contributed by atoms with Gasteiger partial charge in [0.2, 0.25) is 0 Å². The van der Waals surface area contributed by atoms with Crippen LogP contribution in [0.25, 0.3) is 0 Å². The number of Topliss-reactive ketones (excluding diaryl/α,β-unsaturated/α-hetero) is 1. The minimum absolute atomic E-state index is 0.135. The fourth-order valence-corrected chi connectivity index (χ4v) is 1.83. The van der Waals surface area contributed by atoms with E-state index in [1.54, 1.807) is 12.1 Å². The second-order valence-electron chi connectivity index (χ2n) is 4.10. The molecule has 0 spiro atoms. The number of ketones is 1. The van der Waals surface area contributed by atoms with Crippen LogP contribution in [0.5, 0.6) is 0 Å². The molecule has 0 aliphatic rings. The number of hydrogen-bond acceptors (Lipinski definition) is 1. The Labute approximate surface area is 106 Å². The Hall–Kier alpha value is -1.60. The lowest BCUT2D eigenvalue weighted by Crippen LogP contribution is -2.03. The highest BCUT2D eigenvalue weighted by Crippen LogP contribution is 2.13. The molecule has 86 valence electrons. The van der Waals surface area contributed by atoms with Crippen LogP contribution in [0, 0.1) is 6.92 Å². The summed E-state index contributed by atoms with van der Waals surface area (Å²) in [5, 5.41) is 0.691. The van der Waals surface area contributed by atoms with Crippen LogP contribution in [0.2, 0.25) is 5.02 Å². The third-order valence-corrected chi connectivity index (χ3v) is 2.87. The minimum atomic E-state index is 0.135. The van der Waals surface area contributed by atoms with E-state index in [1.165, 1.54) is 0 Å². The van der Waals surface area contributed by atoms with Crippen molar-refractivity contribution in [2.75, 3.05) is 0 Å². The van der Waals surface area contributed by atoms with E-state index >= 15 is 0 Å². The number of halogens is 1. The molecule has 2 heteroatoms. The Morgan fingerprint density at radius 2 is 1.82 bits per heavy atom. The molecular weight excluding hydrogens is 232 g/mol. The van der Waals surface area contributed by atoms with Crippen LogP contribution in [-0.4, -0.2) is 5.78 Å². The maximum atomic E-state index is 12.0. The predicted octanol–water partition coefficient (Wildman–Crippen LogP) is 4.07. The fraction of sp³-hybridized carbons (Fsp3) is 0.133. The van der Waals surface area contributed by atoms with Gasteiger partial charge in [-0.05, 0) is 30.7 Å². The SMILES string of the molecule is Cc1cccc(C(=O)Cc2ccc(Cl)cc2)c1. The van der Waals surface area contributed by atoms with E-state index in [2.05, 4.69) is 0 Å². The monoisotopic (exact) mass is 244 g/mol. The number of carbonyl (C=O) groups is 1. The van der Waals surface area contributed by atoms with Crippen LogP contribution in [0.15, 0.2) is 48.5 Å². The zero-order chi connectivity index (χ0) is 12.3. The summed E-state index contributed by atoms with van der Waals surface area (Å²) >= 11 is 5.80.